The number of amides is 1. The molecule has 144 valence electrons. The Hall–Kier alpha value is -3.28. The molecule has 0 aliphatic carbocycles. The van der Waals surface area contributed by atoms with E-state index in [-0.39, 0.29) is 5.91 Å². The second-order valence-electron chi connectivity index (χ2n) is 6.68. The Kier molecular flexibility index (Phi) is 5.28. The molecule has 2 aromatic carbocycles. The monoisotopic (exact) mass is 376 g/mol. The predicted octanol–water partition coefficient (Wildman–Crippen LogP) is 3.23. The summed E-state index contributed by atoms with van der Waals surface area (Å²) in [5.74, 6) is 0.976. The van der Waals surface area contributed by atoms with Gasteiger partial charge in [0.1, 0.15) is 5.75 Å². The molecule has 1 aliphatic heterocycles. The third-order valence-electron chi connectivity index (χ3n) is 4.96. The van der Waals surface area contributed by atoms with E-state index in [1.807, 2.05) is 66.6 Å². The number of piperazine rings is 1. The molecular formula is C22H24N4O2. The first-order valence-electron chi connectivity index (χ1n) is 9.62. The van der Waals surface area contributed by atoms with Crippen molar-refractivity contribution in [1.82, 2.24) is 14.7 Å². The lowest BCUT2D eigenvalue weighted by molar-refractivity contribution is 0.0746. The van der Waals surface area contributed by atoms with Gasteiger partial charge in [-0.25, -0.2) is 4.68 Å². The van der Waals surface area contributed by atoms with Crippen LogP contribution in [-0.2, 0) is 0 Å². The van der Waals surface area contributed by atoms with Gasteiger partial charge in [0.2, 0.25) is 0 Å². The molecule has 4 rings (SSSR count). The van der Waals surface area contributed by atoms with E-state index in [0.29, 0.717) is 25.3 Å². The van der Waals surface area contributed by atoms with Gasteiger partial charge in [0, 0.05) is 44.1 Å². The molecule has 1 amide bonds. The highest BCUT2D eigenvalue weighted by Gasteiger charge is 2.23. The number of rotatable bonds is 5. The number of para-hydroxylation sites is 2. The van der Waals surface area contributed by atoms with Gasteiger partial charge in [-0.05, 0) is 49.4 Å². The predicted molar refractivity (Wildman–Crippen MR) is 109 cm³/mol. The van der Waals surface area contributed by atoms with Gasteiger partial charge in [-0.1, -0.05) is 12.1 Å². The van der Waals surface area contributed by atoms with Crippen LogP contribution in [0, 0.1) is 0 Å². The van der Waals surface area contributed by atoms with Gasteiger partial charge in [0.15, 0.2) is 0 Å². The van der Waals surface area contributed by atoms with Crippen LogP contribution in [0.15, 0.2) is 67.0 Å². The lowest BCUT2D eigenvalue weighted by Gasteiger charge is -2.36. The molecule has 1 aromatic heterocycles. The fourth-order valence-corrected chi connectivity index (χ4v) is 3.51. The van der Waals surface area contributed by atoms with Gasteiger partial charge >= 0.3 is 0 Å². The average Bonchev–Trinajstić information content (AvgIpc) is 3.29. The van der Waals surface area contributed by atoms with Crippen LogP contribution in [0.3, 0.4) is 0 Å². The number of ether oxygens (including phenoxy) is 1. The third-order valence-corrected chi connectivity index (χ3v) is 4.96. The average molecular weight is 376 g/mol. The Morgan fingerprint density at radius 3 is 2.43 bits per heavy atom. The van der Waals surface area contributed by atoms with E-state index in [1.165, 1.54) is 0 Å². The first kappa shape index (κ1) is 18.1. The van der Waals surface area contributed by atoms with Crippen LogP contribution in [0.4, 0.5) is 5.69 Å². The lowest BCUT2D eigenvalue weighted by Crippen LogP contribution is -2.48. The first-order chi connectivity index (χ1) is 13.8. The lowest BCUT2D eigenvalue weighted by atomic mass is 10.1. The zero-order chi connectivity index (χ0) is 19.3. The second-order valence-corrected chi connectivity index (χ2v) is 6.68. The fourth-order valence-electron chi connectivity index (χ4n) is 3.51. The van der Waals surface area contributed by atoms with Crippen LogP contribution in [0.1, 0.15) is 17.3 Å². The normalized spacial score (nSPS) is 14.2. The summed E-state index contributed by atoms with van der Waals surface area (Å²) in [7, 11) is 0. The zero-order valence-electron chi connectivity index (χ0n) is 16.0. The van der Waals surface area contributed by atoms with E-state index in [4.69, 9.17) is 4.74 Å². The molecule has 0 saturated carbocycles. The molecule has 0 atom stereocenters. The highest BCUT2D eigenvalue weighted by atomic mass is 16.5. The summed E-state index contributed by atoms with van der Waals surface area (Å²) in [5, 5.41) is 4.21. The Morgan fingerprint density at radius 1 is 1.00 bits per heavy atom. The summed E-state index contributed by atoms with van der Waals surface area (Å²) in [6.45, 7) is 5.61. The van der Waals surface area contributed by atoms with E-state index in [2.05, 4.69) is 16.1 Å². The molecule has 6 nitrogen and oxygen atoms in total. The van der Waals surface area contributed by atoms with Crippen LogP contribution in [0.2, 0.25) is 0 Å². The Bertz CT molecular complexity index is 914. The van der Waals surface area contributed by atoms with Gasteiger partial charge in [-0.2, -0.15) is 5.10 Å². The SMILES string of the molecule is CCOc1ccccc1N1CCN(C(=O)c2ccc(-n3cccn3)cc2)CC1. The summed E-state index contributed by atoms with van der Waals surface area (Å²) in [6, 6.07) is 17.6. The second kappa shape index (κ2) is 8.17. The van der Waals surface area contributed by atoms with Crippen molar-refractivity contribution < 1.29 is 9.53 Å². The minimum atomic E-state index is 0.0739. The molecule has 1 fully saturated rings. The molecule has 6 heteroatoms. The van der Waals surface area contributed by atoms with Gasteiger partial charge in [0.25, 0.3) is 5.91 Å². The minimum Gasteiger partial charge on any atom is -0.492 e. The van der Waals surface area contributed by atoms with E-state index >= 15 is 0 Å². The highest BCUT2D eigenvalue weighted by molar-refractivity contribution is 5.94. The molecule has 0 spiro atoms. The number of carbonyl (C=O) groups is 1. The molecule has 0 radical (unpaired) electrons. The van der Waals surface area contributed by atoms with Crippen molar-refractivity contribution in [3.05, 3.63) is 72.6 Å². The van der Waals surface area contributed by atoms with E-state index in [9.17, 15) is 4.79 Å². The molecule has 1 aliphatic rings. The van der Waals surface area contributed by atoms with Crippen LogP contribution in [-0.4, -0.2) is 53.4 Å². The van der Waals surface area contributed by atoms with Crippen LogP contribution >= 0.6 is 0 Å². The number of aromatic nitrogens is 2. The number of hydrogen-bond acceptors (Lipinski definition) is 4. The summed E-state index contributed by atoms with van der Waals surface area (Å²) in [4.78, 5) is 17.1. The molecule has 0 bridgehead atoms. The minimum absolute atomic E-state index is 0.0739. The third kappa shape index (κ3) is 3.71. The van der Waals surface area contributed by atoms with Crippen molar-refractivity contribution in [2.75, 3.05) is 37.7 Å². The maximum Gasteiger partial charge on any atom is 0.253 e. The van der Waals surface area contributed by atoms with Crippen molar-refractivity contribution in [2.45, 2.75) is 6.92 Å². The maximum atomic E-state index is 12.9. The van der Waals surface area contributed by atoms with Crippen molar-refractivity contribution in [3.63, 3.8) is 0 Å². The van der Waals surface area contributed by atoms with E-state index < -0.39 is 0 Å². The van der Waals surface area contributed by atoms with Crippen molar-refractivity contribution in [3.8, 4) is 11.4 Å². The molecular weight excluding hydrogens is 352 g/mol. The van der Waals surface area contributed by atoms with Gasteiger partial charge < -0.3 is 14.5 Å². The first-order valence-corrected chi connectivity index (χ1v) is 9.62. The molecule has 2 heterocycles. The summed E-state index contributed by atoms with van der Waals surface area (Å²) in [5.41, 5.74) is 2.75. The Labute approximate surface area is 164 Å². The van der Waals surface area contributed by atoms with Gasteiger partial charge in [-0.3, -0.25) is 4.79 Å². The van der Waals surface area contributed by atoms with Crippen molar-refractivity contribution in [1.29, 1.82) is 0 Å². The molecule has 3 aromatic rings. The van der Waals surface area contributed by atoms with E-state index in [1.54, 1.807) is 10.9 Å². The maximum absolute atomic E-state index is 12.9. The molecule has 1 saturated heterocycles. The summed E-state index contributed by atoms with van der Waals surface area (Å²) >= 11 is 0. The number of nitrogens with zero attached hydrogens (tertiary/aromatic N) is 4. The fraction of sp³-hybridized carbons (Fsp3) is 0.273. The van der Waals surface area contributed by atoms with Crippen molar-refractivity contribution >= 4 is 11.6 Å². The zero-order valence-corrected chi connectivity index (χ0v) is 16.0. The smallest absolute Gasteiger partial charge is 0.253 e. The Balaban J connectivity index is 1.40. The number of carbonyl (C=O) groups excluding carboxylic acids is 1. The number of benzene rings is 2. The summed E-state index contributed by atoms with van der Waals surface area (Å²) < 4.78 is 7.53. The largest absolute Gasteiger partial charge is 0.492 e. The van der Waals surface area contributed by atoms with Gasteiger partial charge in [0.05, 0.1) is 18.0 Å². The van der Waals surface area contributed by atoms with Crippen LogP contribution in [0.5, 0.6) is 5.75 Å². The quantitative estimate of drug-likeness (QED) is 0.686. The Morgan fingerprint density at radius 2 is 1.75 bits per heavy atom. The number of anilines is 1. The number of hydrogen-bond donors (Lipinski definition) is 0. The van der Waals surface area contributed by atoms with Crippen LogP contribution in [0.25, 0.3) is 5.69 Å². The van der Waals surface area contributed by atoms with Crippen molar-refractivity contribution in [2.24, 2.45) is 0 Å². The molecule has 0 N–H and O–H groups in total. The summed E-state index contributed by atoms with van der Waals surface area (Å²) in [6.07, 6.45) is 3.62. The van der Waals surface area contributed by atoms with Gasteiger partial charge in [-0.15, -0.1) is 0 Å². The molecule has 0 unspecified atom stereocenters. The highest BCUT2D eigenvalue weighted by Crippen LogP contribution is 2.29. The van der Waals surface area contributed by atoms with Crippen LogP contribution < -0.4 is 9.64 Å². The molecule has 28 heavy (non-hydrogen) atoms. The topological polar surface area (TPSA) is 50.6 Å². The van der Waals surface area contributed by atoms with E-state index in [0.717, 1.165) is 30.2 Å². The standard InChI is InChI=1S/C22H24N4O2/c1-2-28-21-7-4-3-6-20(21)24-14-16-25(17-15-24)22(27)18-8-10-19(11-9-18)26-13-5-12-23-26/h3-13H,2,14-17H2,1H3.